The molecule has 3 aliphatic carbocycles. The van der Waals surface area contributed by atoms with Gasteiger partial charge < -0.3 is 5.32 Å². The minimum absolute atomic E-state index is 0.0350. The lowest BCUT2D eigenvalue weighted by atomic mass is 9.78. The predicted octanol–water partition coefficient (Wildman–Crippen LogP) is 2.41. The number of nitrogens with one attached hydrogen (secondary N) is 1. The molecular formula is C14H15NO. The summed E-state index contributed by atoms with van der Waals surface area (Å²) in [6, 6.07) is 0. The molecule has 1 amide bonds. The van der Waals surface area contributed by atoms with Gasteiger partial charge in [0, 0.05) is 11.1 Å². The van der Waals surface area contributed by atoms with Crippen molar-refractivity contribution in [1.82, 2.24) is 5.32 Å². The molecule has 0 radical (unpaired) electrons. The van der Waals surface area contributed by atoms with Crippen molar-refractivity contribution < 1.29 is 4.79 Å². The minimum Gasteiger partial charge on any atom is -0.347 e. The number of fused-ring (bicyclic) bond motifs is 1. The Bertz CT molecular complexity index is 473. The molecule has 0 aromatic heterocycles. The van der Waals surface area contributed by atoms with E-state index in [0.717, 1.165) is 29.6 Å². The van der Waals surface area contributed by atoms with E-state index in [2.05, 4.69) is 12.2 Å². The average molecular weight is 213 g/mol. The third-order valence-electron chi connectivity index (χ3n) is 3.69. The van der Waals surface area contributed by atoms with Gasteiger partial charge in [-0.15, -0.1) is 0 Å². The summed E-state index contributed by atoms with van der Waals surface area (Å²) in [6.45, 7) is 2.12. The molecular weight excluding hydrogens is 198 g/mol. The first-order valence-corrected chi connectivity index (χ1v) is 5.82. The first-order chi connectivity index (χ1) is 7.68. The van der Waals surface area contributed by atoms with Crippen LogP contribution in [0, 0.1) is 0 Å². The standard InChI is InChI=1S/C14H15NO/c1-14(8-3-9-14)15-13(16)12-7-6-10-4-2-5-11(10)12/h2,4-7H,3,8-9H2,1H3,(H,15,16). The van der Waals surface area contributed by atoms with Crippen molar-refractivity contribution in [2.75, 3.05) is 0 Å². The highest BCUT2D eigenvalue weighted by Gasteiger charge is 2.35. The van der Waals surface area contributed by atoms with Crippen molar-refractivity contribution in [2.24, 2.45) is 0 Å². The molecule has 0 spiro atoms. The van der Waals surface area contributed by atoms with Crippen LogP contribution in [0.5, 0.6) is 0 Å². The molecule has 0 aromatic carbocycles. The summed E-state index contributed by atoms with van der Waals surface area (Å²) in [5, 5.41) is 3.14. The van der Waals surface area contributed by atoms with E-state index in [1.165, 1.54) is 6.42 Å². The zero-order valence-electron chi connectivity index (χ0n) is 9.42. The van der Waals surface area contributed by atoms with Crippen molar-refractivity contribution in [3.8, 4) is 0 Å². The number of carbonyl (C=O) groups excluding carboxylic acids is 1. The Kier molecular flexibility index (Phi) is 1.93. The van der Waals surface area contributed by atoms with Crippen LogP contribution in [0.1, 0.15) is 26.2 Å². The van der Waals surface area contributed by atoms with Crippen molar-refractivity contribution in [2.45, 2.75) is 31.7 Å². The van der Waals surface area contributed by atoms with Crippen LogP contribution >= 0.6 is 0 Å². The molecule has 0 saturated heterocycles. The third-order valence-corrected chi connectivity index (χ3v) is 3.69. The van der Waals surface area contributed by atoms with Gasteiger partial charge >= 0.3 is 0 Å². The second-order valence-corrected chi connectivity index (χ2v) is 5.01. The molecule has 0 heterocycles. The lowest BCUT2D eigenvalue weighted by Gasteiger charge is -2.39. The number of rotatable bonds is 2. The van der Waals surface area contributed by atoms with Gasteiger partial charge in [0.15, 0.2) is 0 Å². The summed E-state index contributed by atoms with van der Waals surface area (Å²) in [5.74, 6) is 0.0726. The maximum absolute atomic E-state index is 12.1. The van der Waals surface area contributed by atoms with Crippen LogP contribution in [-0.2, 0) is 4.79 Å². The van der Waals surface area contributed by atoms with Crippen molar-refractivity contribution in [3.63, 3.8) is 0 Å². The van der Waals surface area contributed by atoms with Crippen molar-refractivity contribution in [1.29, 1.82) is 0 Å². The van der Waals surface area contributed by atoms with E-state index in [0.29, 0.717) is 0 Å². The summed E-state index contributed by atoms with van der Waals surface area (Å²) in [4.78, 5) is 12.1. The summed E-state index contributed by atoms with van der Waals surface area (Å²) in [5.41, 5.74) is 3.07. The molecule has 0 aromatic rings. The zero-order chi connectivity index (χ0) is 11.2. The smallest absolute Gasteiger partial charge is 0.252 e. The average Bonchev–Trinajstić information content (AvgIpc) is 2.75. The van der Waals surface area contributed by atoms with E-state index in [1.54, 1.807) is 0 Å². The fourth-order valence-electron chi connectivity index (χ4n) is 2.46. The van der Waals surface area contributed by atoms with Crippen molar-refractivity contribution in [3.05, 3.63) is 47.1 Å². The van der Waals surface area contributed by atoms with Crippen LogP contribution < -0.4 is 5.32 Å². The van der Waals surface area contributed by atoms with Crippen LogP contribution in [-0.4, -0.2) is 11.4 Å². The van der Waals surface area contributed by atoms with Crippen LogP contribution in [0.25, 0.3) is 0 Å². The highest BCUT2D eigenvalue weighted by Crippen LogP contribution is 2.34. The van der Waals surface area contributed by atoms with Gasteiger partial charge in [-0.05, 0) is 43.4 Å². The van der Waals surface area contributed by atoms with E-state index in [-0.39, 0.29) is 11.4 Å². The maximum Gasteiger partial charge on any atom is 0.252 e. The van der Waals surface area contributed by atoms with E-state index >= 15 is 0 Å². The topological polar surface area (TPSA) is 29.1 Å². The molecule has 2 heteroatoms. The van der Waals surface area contributed by atoms with Crippen LogP contribution in [0.2, 0.25) is 0 Å². The zero-order valence-corrected chi connectivity index (χ0v) is 9.42. The Morgan fingerprint density at radius 1 is 1.31 bits per heavy atom. The van der Waals surface area contributed by atoms with E-state index in [4.69, 9.17) is 0 Å². The molecule has 3 rings (SSSR count). The molecule has 0 bridgehead atoms. The Morgan fingerprint density at radius 3 is 2.81 bits per heavy atom. The molecule has 82 valence electrons. The highest BCUT2D eigenvalue weighted by atomic mass is 16.1. The summed E-state index contributed by atoms with van der Waals surface area (Å²) in [7, 11) is 0. The SMILES string of the molecule is CC1(NC(=O)C2=CC=C3C=CC=C32)CCC1. The molecule has 1 fully saturated rings. The molecule has 1 saturated carbocycles. The monoisotopic (exact) mass is 213 g/mol. The second kappa shape index (κ2) is 3.21. The second-order valence-electron chi connectivity index (χ2n) is 5.01. The lowest BCUT2D eigenvalue weighted by molar-refractivity contribution is -0.119. The highest BCUT2D eigenvalue weighted by molar-refractivity contribution is 6.02. The van der Waals surface area contributed by atoms with Gasteiger partial charge in [-0.3, -0.25) is 4.79 Å². The summed E-state index contributed by atoms with van der Waals surface area (Å²) in [6.07, 6.45) is 13.4. The summed E-state index contributed by atoms with van der Waals surface area (Å²) < 4.78 is 0. The van der Waals surface area contributed by atoms with Crippen LogP contribution in [0.3, 0.4) is 0 Å². The molecule has 0 atom stereocenters. The molecule has 0 unspecified atom stereocenters. The fourth-order valence-corrected chi connectivity index (χ4v) is 2.46. The van der Waals surface area contributed by atoms with Crippen LogP contribution in [0.4, 0.5) is 0 Å². The number of hydrogen-bond acceptors (Lipinski definition) is 1. The Balaban J connectivity index is 1.73. The Morgan fingerprint density at radius 2 is 2.12 bits per heavy atom. The van der Waals surface area contributed by atoms with Crippen LogP contribution in [0.15, 0.2) is 47.1 Å². The normalized spacial score (nSPS) is 24.2. The number of amides is 1. The van der Waals surface area contributed by atoms with Gasteiger partial charge in [-0.1, -0.05) is 24.3 Å². The fraction of sp³-hybridized carbons (Fsp3) is 0.357. The predicted molar refractivity (Wildman–Crippen MR) is 63.8 cm³/mol. The largest absolute Gasteiger partial charge is 0.347 e. The van der Waals surface area contributed by atoms with E-state index in [1.807, 2.05) is 30.4 Å². The van der Waals surface area contributed by atoms with Gasteiger partial charge in [0.25, 0.3) is 5.91 Å². The van der Waals surface area contributed by atoms with Gasteiger partial charge in [0.1, 0.15) is 0 Å². The Labute approximate surface area is 95.4 Å². The quantitative estimate of drug-likeness (QED) is 0.749. The Hall–Kier alpha value is -1.57. The molecule has 16 heavy (non-hydrogen) atoms. The third kappa shape index (κ3) is 1.37. The number of allylic oxidation sites excluding steroid dienone is 6. The van der Waals surface area contributed by atoms with E-state index in [9.17, 15) is 4.79 Å². The maximum atomic E-state index is 12.1. The molecule has 0 aliphatic heterocycles. The summed E-state index contributed by atoms with van der Waals surface area (Å²) >= 11 is 0. The van der Waals surface area contributed by atoms with Gasteiger partial charge in [0.2, 0.25) is 0 Å². The number of carbonyl (C=O) groups is 1. The molecule has 3 aliphatic rings. The van der Waals surface area contributed by atoms with E-state index < -0.39 is 0 Å². The lowest BCUT2D eigenvalue weighted by Crippen LogP contribution is -2.51. The van der Waals surface area contributed by atoms with Gasteiger partial charge in [-0.25, -0.2) is 0 Å². The number of hydrogen-bond donors (Lipinski definition) is 1. The van der Waals surface area contributed by atoms with Gasteiger partial charge in [-0.2, -0.15) is 0 Å². The molecule has 2 nitrogen and oxygen atoms in total. The molecule has 1 N–H and O–H groups in total. The van der Waals surface area contributed by atoms with Gasteiger partial charge in [0.05, 0.1) is 0 Å². The first-order valence-electron chi connectivity index (χ1n) is 5.82. The first kappa shape index (κ1) is 9.64. The van der Waals surface area contributed by atoms with Crippen molar-refractivity contribution >= 4 is 5.91 Å². The minimum atomic E-state index is 0.0350.